The van der Waals surface area contributed by atoms with E-state index in [0.717, 1.165) is 45.3 Å². The first-order valence-corrected chi connectivity index (χ1v) is 6.04. The fraction of sp³-hybridized carbons (Fsp3) is 0.917. The molecule has 94 valence electrons. The first-order chi connectivity index (χ1) is 7.60. The average molecular weight is 228 g/mol. The standard InChI is InChI=1S/C12H24N2O2/c1-14(2)9-5-8-13-10-12(6-4-7-12)11(15)16-3/h13H,4-10H2,1-3H3. The van der Waals surface area contributed by atoms with Crippen LogP contribution >= 0.6 is 0 Å². The van der Waals surface area contributed by atoms with Gasteiger partial charge in [-0.25, -0.2) is 0 Å². The molecule has 1 fully saturated rings. The number of esters is 1. The van der Waals surface area contributed by atoms with E-state index in [1.807, 2.05) is 0 Å². The summed E-state index contributed by atoms with van der Waals surface area (Å²) in [7, 11) is 5.62. The Bertz CT molecular complexity index is 225. The monoisotopic (exact) mass is 228 g/mol. The van der Waals surface area contributed by atoms with Gasteiger partial charge in [0.1, 0.15) is 0 Å². The average Bonchev–Trinajstić information content (AvgIpc) is 2.19. The van der Waals surface area contributed by atoms with Gasteiger partial charge in [-0.1, -0.05) is 6.42 Å². The Balaban J connectivity index is 2.17. The predicted molar refractivity (Wildman–Crippen MR) is 64.3 cm³/mol. The normalized spacial score (nSPS) is 18.2. The third-order valence-electron chi connectivity index (χ3n) is 3.35. The van der Waals surface area contributed by atoms with Crippen LogP contribution in [-0.2, 0) is 9.53 Å². The van der Waals surface area contributed by atoms with E-state index >= 15 is 0 Å². The maximum absolute atomic E-state index is 11.6. The van der Waals surface area contributed by atoms with Crippen LogP contribution in [0, 0.1) is 5.41 Å². The van der Waals surface area contributed by atoms with Crippen LogP contribution in [0.25, 0.3) is 0 Å². The first kappa shape index (κ1) is 13.5. The molecule has 1 saturated carbocycles. The van der Waals surface area contributed by atoms with Gasteiger partial charge in [0.05, 0.1) is 12.5 Å². The zero-order valence-corrected chi connectivity index (χ0v) is 10.7. The molecular formula is C12H24N2O2. The van der Waals surface area contributed by atoms with Gasteiger partial charge in [0.2, 0.25) is 0 Å². The van der Waals surface area contributed by atoms with Gasteiger partial charge in [0, 0.05) is 6.54 Å². The molecule has 1 rings (SSSR count). The molecule has 0 atom stereocenters. The second-order valence-corrected chi connectivity index (χ2v) is 4.96. The van der Waals surface area contributed by atoms with E-state index in [1.165, 1.54) is 7.11 Å². The Morgan fingerprint density at radius 2 is 2.12 bits per heavy atom. The van der Waals surface area contributed by atoms with Crippen molar-refractivity contribution in [2.75, 3.05) is 40.8 Å². The fourth-order valence-electron chi connectivity index (χ4n) is 2.12. The molecule has 16 heavy (non-hydrogen) atoms. The quantitative estimate of drug-likeness (QED) is 0.518. The van der Waals surface area contributed by atoms with Gasteiger partial charge >= 0.3 is 5.97 Å². The van der Waals surface area contributed by atoms with Crippen molar-refractivity contribution in [1.82, 2.24) is 10.2 Å². The predicted octanol–water partition coefficient (Wildman–Crippen LogP) is 0.871. The van der Waals surface area contributed by atoms with Crippen molar-refractivity contribution in [3.63, 3.8) is 0 Å². The topological polar surface area (TPSA) is 41.6 Å². The third kappa shape index (κ3) is 3.46. The molecule has 1 N–H and O–H groups in total. The molecule has 0 unspecified atom stereocenters. The van der Waals surface area contributed by atoms with Crippen molar-refractivity contribution in [3.05, 3.63) is 0 Å². The molecule has 0 radical (unpaired) electrons. The Labute approximate surface area is 98.3 Å². The van der Waals surface area contributed by atoms with Crippen LogP contribution in [0.2, 0.25) is 0 Å². The minimum atomic E-state index is -0.215. The number of carbonyl (C=O) groups is 1. The number of methoxy groups -OCH3 is 1. The Morgan fingerprint density at radius 3 is 2.56 bits per heavy atom. The summed E-state index contributed by atoms with van der Waals surface area (Å²) in [6.45, 7) is 2.82. The number of carbonyl (C=O) groups excluding carboxylic acids is 1. The number of hydrogen-bond acceptors (Lipinski definition) is 4. The smallest absolute Gasteiger partial charge is 0.313 e. The number of ether oxygens (including phenoxy) is 1. The van der Waals surface area contributed by atoms with Crippen LogP contribution in [0.5, 0.6) is 0 Å². The zero-order chi connectivity index (χ0) is 12.0. The second kappa shape index (κ2) is 6.21. The number of nitrogens with one attached hydrogen (secondary N) is 1. The lowest BCUT2D eigenvalue weighted by Crippen LogP contribution is -2.47. The van der Waals surface area contributed by atoms with Gasteiger partial charge in [0.25, 0.3) is 0 Å². The molecule has 0 aromatic rings. The summed E-state index contributed by atoms with van der Waals surface area (Å²) in [6, 6.07) is 0. The molecule has 0 amide bonds. The second-order valence-electron chi connectivity index (χ2n) is 4.96. The van der Waals surface area contributed by atoms with Crippen LogP contribution in [0.1, 0.15) is 25.7 Å². The van der Waals surface area contributed by atoms with Crippen molar-refractivity contribution < 1.29 is 9.53 Å². The summed E-state index contributed by atoms with van der Waals surface area (Å²) >= 11 is 0. The largest absolute Gasteiger partial charge is 0.469 e. The van der Waals surface area contributed by atoms with Crippen LogP contribution < -0.4 is 5.32 Å². The lowest BCUT2D eigenvalue weighted by molar-refractivity contribution is -0.158. The molecule has 0 aliphatic heterocycles. The van der Waals surface area contributed by atoms with E-state index < -0.39 is 0 Å². The summed E-state index contributed by atoms with van der Waals surface area (Å²) in [5.41, 5.74) is -0.215. The van der Waals surface area contributed by atoms with Crippen molar-refractivity contribution >= 4 is 5.97 Å². The number of rotatable bonds is 7. The highest BCUT2D eigenvalue weighted by Gasteiger charge is 2.44. The van der Waals surface area contributed by atoms with E-state index in [4.69, 9.17) is 4.74 Å². The molecule has 0 heterocycles. The van der Waals surface area contributed by atoms with E-state index in [0.29, 0.717) is 0 Å². The van der Waals surface area contributed by atoms with Crippen LogP contribution in [0.15, 0.2) is 0 Å². The Morgan fingerprint density at radius 1 is 1.44 bits per heavy atom. The zero-order valence-electron chi connectivity index (χ0n) is 10.7. The molecule has 0 aromatic heterocycles. The van der Waals surface area contributed by atoms with Crippen molar-refractivity contribution in [2.24, 2.45) is 5.41 Å². The fourth-order valence-corrected chi connectivity index (χ4v) is 2.12. The van der Waals surface area contributed by atoms with Gasteiger partial charge in [-0.05, 0) is 46.4 Å². The van der Waals surface area contributed by atoms with Crippen molar-refractivity contribution in [2.45, 2.75) is 25.7 Å². The molecule has 0 bridgehead atoms. The molecule has 0 saturated heterocycles. The van der Waals surface area contributed by atoms with Gasteiger partial charge in [-0.3, -0.25) is 4.79 Å². The highest BCUT2D eigenvalue weighted by Crippen LogP contribution is 2.41. The third-order valence-corrected chi connectivity index (χ3v) is 3.35. The van der Waals surface area contributed by atoms with Crippen LogP contribution in [0.3, 0.4) is 0 Å². The number of nitrogens with zero attached hydrogens (tertiary/aromatic N) is 1. The molecular weight excluding hydrogens is 204 g/mol. The summed E-state index contributed by atoms with van der Waals surface area (Å²) < 4.78 is 4.87. The molecule has 4 heteroatoms. The minimum absolute atomic E-state index is 0.0427. The lowest BCUT2D eigenvalue weighted by atomic mass is 9.68. The molecule has 0 spiro atoms. The molecule has 4 nitrogen and oxygen atoms in total. The van der Waals surface area contributed by atoms with Crippen molar-refractivity contribution in [3.8, 4) is 0 Å². The summed E-state index contributed by atoms with van der Waals surface area (Å²) in [6.07, 6.45) is 4.21. The maximum Gasteiger partial charge on any atom is 0.313 e. The van der Waals surface area contributed by atoms with E-state index in [9.17, 15) is 4.79 Å². The summed E-state index contributed by atoms with van der Waals surface area (Å²) in [5.74, 6) is -0.0427. The van der Waals surface area contributed by atoms with Crippen LogP contribution in [0.4, 0.5) is 0 Å². The molecule has 1 aliphatic rings. The van der Waals surface area contributed by atoms with E-state index in [-0.39, 0.29) is 11.4 Å². The molecule has 1 aliphatic carbocycles. The van der Waals surface area contributed by atoms with E-state index in [1.54, 1.807) is 0 Å². The SMILES string of the molecule is COC(=O)C1(CNCCCN(C)C)CCC1. The van der Waals surface area contributed by atoms with Gasteiger partial charge in [-0.15, -0.1) is 0 Å². The van der Waals surface area contributed by atoms with Crippen molar-refractivity contribution in [1.29, 1.82) is 0 Å². The minimum Gasteiger partial charge on any atom is -0.469 e. The first-order valence-electron chi connectivity index (χ1n) is 6.04. The van der Waals surface area contributed by atoms with E-state index in [2.05, 4.69) is 24.3 Å². The highest BCUT2D eigenvalue weighted by atomic mass is 16.5. The highest BCUT2D eigenvalue weighted by molar-refractivity contribution is 5.78. The van der Waals surface area contributed by atoms with Gasteiger partial charge in [-0.2, -0.15) is 0 Å². The van der Waals surface area contributed by atoms with Crippen LogP contribution in [-0.4, -0.2) is 51.7 Å². The summed E-state index contributed by atoms with van der Waals surface area (Å²) in [4.78, 5) is 13.8. The maximum atomic E-state index is 11.6. The van der Waals surface area contributed by atoms with Gasteiger partial charge < -0.3 is 15.0 Å². The lowest BCUT2D eigenvalue weighted by Gasteiger charge is -2.39. The Hall–Kier alpha value is -0.610. The Kier molecular flexibility index (Phi) is 5.22. The molecule has 0 aromatic carbocycles. The van der Waals surface area contributed by atoms with Gasteiger partial charge in [0.15, 0.2) is 0 Å². The summed E-state index contributed by atoms with van der Waals surface area (Å²) in [5, 5.41) is 3.37. The number of hydrogen-bond donors (Lipinski definition) is 1.